The molecule has 192 valence electrons. The molecular formula is C27H23N5O6. The van der Waals surface area contributed by atoms with Crippen LogP contribution in [-0.4, -0.2) is 37.1 Å². The Morgan fingerprint density at radius 3 is 2.84 bits per heavy atom. The highest BCUT2D eigenvalue weighted by Crippen LogP contribution is 2.40. The normalized spacial score (nSPS) is 17.5. The lowest BCUT2D eigenvalue weighted by Crippen LogP contribution is -2.44. The fourth-order valence-electron chi connectivity index (χ4n) is 5.21. The highest BCUT2D eigenvalue weighted by atomic mass is 16.6. The van der Waals surface area contributed by atoms with E-state index in [-0.39, 0.29) is 41.9 Å². The number of nitrogens with one attached hydrogen (secondary N) is 1. The number of carbonyl (C=O) groups excluding carboxylic acids is 1. The van der Waals surface area contributed by atoms with E-state index in [0.717, 1.165) is 5.56 Å². The van der Waals surface area contributed by atoms with Crippen molar-refractivity contribution in [3.8, 4) is 11.4 Å². The van der Waals surface area contributed by atoms with Gasteiger partial charge in [0.05, 0.1) is 39.6 Å². The van der Waals surface area contributed by atoms with E-state index in [9.17, 15) is 24.8 Å². The van der Waals surface area contributed by atoms with Crippen molar-refractivity contribution in [2.75, 3.05) is 11.9 Å². The first-order valence-electron chi connectivity index (χ1n) is 12.2. The van der Waals surface area contributed by atoms with Gasteiger partial charge < -0.3 is 19.7 Å². The lowest BCUT2D eigenvalue weighted by atomic mass is 9.86. The molecule has 5 heterocycles. The number of fused-ring (bicyclic) bond motifs is 5. The second-order valence-corrected chi connectivity index (χ2v) is 9.46. The van der Waals surface area contributed by atoms with Crippen LogP contribution in [0.4, 0.5) is 11.4 Å². The van der Waals surface area contributed by atoms with Gasteiger partial charge in [0.2, 0.25) is 0 Å². The summed E-state index contributed by atoms with van der Waals surface area (Å²) in [7, 11) is 0. The number of non-ortho nitro benzene ring substituents is 1. The van der Waals surface area contributed by atoms with Crippen LogP contribution >= 0.6 is 0 Å². The largest absolute Gasteiger partial charge is 0.458 e. The van der Waals surface area contributed by atoms with Gasteiger partial charge in [0.15, 0.2) is 5.60 Å². The maximum absolute atomic E-state index is 13.4. The van der Waals surface area contributed by atoms with E-state index in [4.69, 9.17) is 9.72 Å². The molecule has 0 aliphatic carbocycles. The molecule has 0 amide bonds. The molecular weight excluding hydrogens is 490 g/mol. The van der Waals surface area contributed by atoms with Gasteiger partial charge in [-0.2, -0.15) is 0 Å². The Labute approximate surface area is 215 Å². The SMILES string of the molecule is CC[C@@]1(O)C(=O)OCc2c1cc1n(c2=O)Cc2cc3cc([N+](=O)[O-])cc(NCCc4cccnc4)c3nc2-1. The number of aliphatic hydroxyl groups is 1. The Morgan fingerprint density at radius 2 is 2.11 bits per heavy atom. The summed E-state index contributed by atoms with van der Waals surface area (Å²) in [6, 6.07) is 10.2. The smallest absolute Gasteiger partial charge is 0.343 e. The Morgan fingerprint density at radius 1 is 1.26 bits per heavy atom. The highest BCUT2D eigenvalue weighted by molar-refractivity contribution is 5.95. The number of nitro groups is 1. The molecule has 4 aromatic rings. The van der Waals surface area contributed by atoms with E-state index in [1.54, 1.807) is 31.5 Å². The zero-order valence-corrected chi connectivity index (χ0v) is 20.4. The maximum atomic E-state index is 13.4. The number of nitro benzene ring substituents is 1. The van der Waals surface area contributed by atoms with Crippen molar-refractivity contribution in [1.82, 2.24) is 14.5 Å². The summed E-state index contributed by atoms with van der Waals surface area (Å²) in [6.45, 7) is 2.15. The molecule has 0 spiro atoms. The lowest BCUT2D eigenvalue weighted by Gasteiger charge is -2.31. The number of anilines is 1. The molecule has 0 unspecified atom stereocenters. The molecule has 0 radical (unpaired) electrons. The molecule has 11 nitrogen and oxygen atoms in total. The number of rotatable bonds is 6. The Hall–Kier alpha value is -4.64. The Bertz CT molecular complexity index is 1700. The number of ether oxygens (including phenoxy) is 1. The van der Waals surface area contributed by atoms with Crippen molar-refractivity contribution in [1.29, 1.82) is 0 Å². The number of aromatic nitrogens is 3. The van der Waals surface area contributed by atoms with Crippen molar-refractivity contribution in [2.45, 2.75) is 38.5 Å². The average molecular weight is 514 g/mol. The van der Waals surface area contributed by atoms with Crippen LogP contribution in [0, 0.1) is 10.1 Å². The number of hydrogen-bond acceptors (Lipinski definition) is 9. The zero-order chi connectivity index (χ0) is 26.6. The second-order valence-electron chi connectivity index (χ2n) is 9.46. The number of nitrogens with zero attached hydrogens (tertiary/aromatic N) is 4. The molecule has 0 bridgehead atoms. The summed E-state index contributed by atoms with van der Waals surface area (Å²) in [5.41, 5.74) is 1.87. The minimum absolute atomic E-state index is 0.0500. The molecule has 1 aromatic carbocycles. The number of carbonyl (C=O) groups is 1. The fourth-order valence-corrected chi connectivity index (χ4v) is 5.21. The average Bonchev–Trinajstić information content (AvgIpc) is 3.28. The van der Waals surface area contributed by atoms with Crippen LogP contribution < -0.4 is 10.9 Å². The van der Waals surface area contributed by atoms with Crippen LogP contribution in [0.2, 0.25) is 0 Å². The Balaban J connectivity index is 1.47. The topological polar surface area (TPSA) is 149 Å². The van der Waals surface area contributed by atoms with Gasteiger partial charge in [0, 0.05) is 47.6 Å². The molecule has 38 heavy (non-hydrogen) atoms. The first kappa shape index (κ1) is 23.7. The van der Waals surface area contributed by atoms with Crippen molar-refractivity contribution >= 4 is 28.2 Å². The molecule has 2 N–H and O–H groups in total. The summed E-state index contributed by atoms with van der Waals surface area (Å²) in [5.74, 6) is -0.783. The predicted molar refractivity (Wildman–Crippen MR) is 138 cm³/mol. The molecule has 11 heteroatoms. The zero-order valence-electron chi connectivity index (χ0n) is 20.4. The van der Waals surface area contributed by atoms with Gasteiger partial charge >= 0.3 is 5.97 Å². The third-order valence-corrected chi connectivity index (χ3v) is 7.26. The van der Waals surface area contributed by atoms with E-state index in [2.05, 4.69) is 10.3 Å². The first-order chi connectivity index (χ1) is 18.3. The van der Waals surface area contributed by atoms with Gasteiger partial charge in [-0.15, -0.1) is 0 Å². The second kappa shape index (κ2) is 8.73. The third kappa shape index (κ3) is 3.62. The maximum Gasteiger partial charge on any atom is 0.343 e. The highest BCUT2D eigenvalue weighted by Gasteiger charge is 2.45. The van der Waals surface area contributed by atoms with E-state index in [1.807, 2.05) is 12.1 Å². The summed E-state index contributed by atoms with van der Waals surface area (Å²) >= 11 is 0. The van der Waals surface area contributed by atoms with Gasteiger partial charge in [-0.1, -0.05) is 13.0 Å². The van der Waals surface area contributed by atoms with Gasteiger partial charge in [-0.3, -0.25) is 19.9 Å². The monoisotopic (exact) mass is 513 g/mol. The summed E-state index contributed by atoms with van der Waals surface area (Å²) < 4.78 is 6.65. The molecule has 0 fully saturated rings. The number of esters is 1. The molecule has 0 saturated heterocycles. The molecule has 6 rings (SSSR count). The number of cyclic esters (lactones) is 1. The van der Waals surface area contributed by atoms with Crippen LogP contribution in [-0.2, 0) is 34.7 Å². The van der Waals surface area contributed by atoms with Crippen molar-refractivity contribution in [2.24, 2.45) is 0 Å². The van der Waals surface area contributed by atoms with Crippen LogP contribution in [0.25, 0.3) is 22.3 Å². The van der Waals surface area contributed by atoms with Crippen LogP contribution in [0.5, 0.6) is 0 Å². The summed E-state index contributed by atoms with van der Waals surface area (Å²) in [5, 5.41) is 26.6. The van der Waals surface area contributed by atoms with Crippen LogP contribution in [0.1, 0.15) is 35.6 Å². The minimum Gasteiger partial charge on any atom is -0.458 e. The standard InChI is InChI=1S/C27H23N5O6/c1-2-27(35)20-11-22-24-17(13-31(22)25(33)19(20)14-38-26(27)34)8-16-9-18(32(36)37)10-21(23(16)30-24)29-7-5-15-4-3-6-28-12-15/h3-4,6,8-12,29,35H,2,5,7,13-14H2,1H3/t27-/m0/s1. The van der Waals surface area contributed by atoms with Crippen molar-refractivity contribution in [3.63, 3.8) is 0 Å². The van der Waals surface area contributed by atoms with Crippen molar-refractivity contribution < 1.29 is 19.6 Å². The summed E-state index contributed by atoms with van der Waals surface area (Å²) in [6.07, 6.45) is 4.16. The molecule has 3 aromatic heterocycles. The van der Waals surface area contributed by atoms with E-state index in [1.165, 1.54) is 16.7 Å². The lowest BCUT2D eigenvalue weighted by molar-refractivity contribution is -0.384. The van der Waals surface area contributed by atoms with Gasteiger partial charge in [-0.05, 0) is 36.6 Å². The molecule has 0 saturated carbocycles. The summed E-state index contributed by atoms with van der Waals surface area (Å²) in [4.78, 5) is 46.0. The number of hydrogen-bond donors (Lipinski definition) is 2. The quantitative estimate of drug-likeness (QED) is 0.198. The van der Waals surface area contributed by atoms with E-state index < -0.39 is 16.5 Å². The van der Waals surface area contributed by atoms with Crippen molar-refractivity contribution in [3.05, 3.63) is 91.5 Å². The van der Waals surface area contributed by atoms with Gasteiger partial charge in [0.25, 0.3) is 11.2 Å². The number of pyridine rings is 3. The van der Waals surface area contributed by atoms with E-state index in [0.29, 0.717) is 46.5 Å². The molecule has 2 aliphatic rings. The minimum atomic E-state index is -1.92. The van der Waals surface area contributed by atoms with Crippen LogP contribution in [0.3, 0.4) is 0 Å². The Kier molecular flexibility index (Phi) is 5.46. The predicted octanol–water partition coefficient (Wildman–Crippen LogP) is 3.04. The third-order valence-electron chi connectivity index (χ3n) is 7.26. The van der Waals surface area contributed by atoms with Crippen LogP contribution in [0.15, 0.2) is 53.6 Å². The van der Waals surface area contributed by atoms with Gasteiger partial charge in [0.1, 0.15) is 6.61 Å². The molecule has 1 atom stereocenters. The van der Waals surface area contributed by atoms with E-state index >= 15 is 0 Å². The van der Waals surface area contributed by atoms with Gasteiger partial charge in [-0.25, -0.2) is 9.78 Å². The first-order valence-corrected chi connectivity index (χ1v) is 12.2. The fraction of sp³-hybridized carbons (Fsp3) is 0.259. The number of benzene rings is 1. The molecule has 2 aliphatic heterocycles.